The number of carbonyl (C=O) groups is 2. The average molecular weight is 614 g/mol. The first-order chi connectivity index (χ1) is 20.7. The minimum Gasteiger partial charge on any atom is -0.493 e. The Morgan fingerprint density at radius 2 is 1.66 bits per heavy atom. The van der Waals surface area contributed by atoms with Gasteiger partial charge in [0.1, 0.15) is 29.3 Å². The van der Waals surface area contributed by atoms with E-state index >= 15 is 0 Å². The first-order valence-corrected chi connectivity index (χ1v) is 13.2. The lowest BCUT2D eigenvalue weighted by molar-refractivity contribution is -0.265. The second kappa shape index (κ2) is 11.0. The first kappa shape index (κ1) is 30.5. The number of primary amides is 1. The summed E-state index contributed by atoms with van der Waals surface area (Å²) in [7, 11) is 2.90. The summed E-state index contributed by atoms with van der Waals surface area (Å²) in [5, 5.41) is 14.6. The number of nitrogens with one attached hydrogen (secondary N) is 1. The zero-order valence-electron chi connectivity index (χ0n) is 23.7. The van der Waals surface area contributed by atoms with E-state index in [4.69, 9.17) is 19.9 Å². The Balaban J connectivity index is 1.55. The lowest BCUT2D eigenvalue weighted by Crippen LogP contribution is -2.51. The van der Waals surface area contributed by atoms with Crippen LogP contribution in [0, 0.1) is 5.82 Å². The van der Waals surface area contributed by atoms with E-state index in [2.05, 4.69) is 10.3 Å². The summed E-state index contributed by atoms with van der Waals surface area (Å²) in [6.45, 7) is -0.239. The van der Waals surface area contributed by atoms with Crippen LogP contribution in [0.25, 0.3) is 22.0 Å². The van der Waals surface area contributed by atoms with E-state index in [0.29, 0.717) is 22.3 Å². The van der Waals surface area contributed by atoms with Crippen LogP contribution in [0.5, 0.6) is 17.2 Å². The number of hydrogen-bond donors (Lipinski definition) is 3. The minimum absolute atomic E-state index is 0.0119. The van der Waals surface area contributed by atoms with Crippen molar-refractivity contribution < 1.29 is 46.5 Å². The van der Waals surface area contributed by atoms with E-state index in [1.54, 1.807) is 18.2 Å². The third kappa shape index (κ3) is 5.12. The van der Waals surface area contributed by atoms with Crippen molar-refractivity contribution in [2.45, 2.75) is 24.1 Å². The maximum Gasteiger partial charge on any atom is 0.424 e. The normalized spacial score (nSPS) is 17.4. The molecule has 1 aliphatic heterocycles. The van der Waals surface area contributed by atoms with E-state index in [-0.39, 0.29) is 34.7 Å². The van der Waals surface area contributed by atoms with Crippen LogP contribution in [0.2, 0.25) is 0 Å². The van der Waals surface area contributed by atoms with E-state index in [1.165, 1.54) is 45.4 Å². The van der Waals surface area contributed by atoms with Crippen LogP contribution >= 0.6 is 0 Å². The number of halogens is 4. The highest BCUT2D eigenvalue weighted by Gasteiger charge is 2.57. The van der Waals surface area contributed by atoms with Gasteiger partial charge in [0.25, 0.3) is 5.91 Å². The van der Waals surface area contributed by atoms with Gasteiger partial charge < -0.3 is 30.4 Å². The second-order valence-electron chi connectivity index (χ2n) is 10.5. The smallest absolute Gasteiger partial charge is 0.424 e. The van der Waals surface area contributed by atoms with Gasteiger partial charge in [-0.05, 0) is 72.3 Å². The number of pyridine rings is 1. The molecule has 44 heavy (non-hydrogen) atoms. The topological polar surface area (TPSA) is 133 Å². The Morgan fingerprint density at radius 1 is 1.02 bits per heavy atom. The molecule has 2 heterocycles. The first-order valence-electron chi connectivity index (χ1n) is 13.2. The number of carbonyl (C=O) groups excluding carboxylic acids is 2. The van der Waals surface area contributed by atoms with Crippen molar-refractivity contribution in [1.29, 1.82) is 0 Å². The number of fused-ring (bicyclic) bond motifs is 2. The fourth-order valence-electron chi connectivity index (χ4n) is 4.97. The number of amides is 2. The molecule has 9 nitrogen and oxygen atoms in total. The zero-order valence-corrected chi connectivity index (χ0v) is 23.7. The third-order valence-electron chi connectivity index (χ3n) is 7.74. The van der Waals surface area contributed by atoms with Gasteiger partial charge in [-0.1, -0.05) is 6.07 Å². The molecule has 4 aromatic rings. The van der Waals surface area contributed by atoms with Gasteiger partial charge >= 0.3 is 6.18 Å². The summed E-state index contributed by atoms with van der Waals surface area (Å²) in [4.78, 5) is 29.6. The SMILES string of the molecule is COc1cc2ccc(C(=O)NC[C@](O)(c3cc4c(c(-c5ccc(F)cc5)n3)OC[C@]4(C)C(N)=O)C(F)(F)F)cc2cc1OC. The standard InChI is InChI=1S/C31H27F4N3O6/c1-29(28(36)40)15-44-26-21(29)13-24(38-25(26)16-6-8-20(32)9-7-16)30(41,31(33,34)35)14-37-27(39)18-5-4-17-11-22(42-2)23(43-3)12-19(17)10-18/h4-13,41H,14-15H2,1-3H3,(H2,36,40)(H,37,39)/t29-,30-/m0/s1. The van der Waals surface area contributed by atoms with Gasteiger partial charge in [0.05, 0.1) is 26.5 Å². The number of methoxy groups -OCH3 is 2. The van der Waals surface area contributed by atoms with Crippen LogP contribution in [0.15, 0.2) is 60.7 Å². The van der Waals surface area contributed by atoms with E-state index < -0.39 is 47.1 Å². The lowest BCUT2D eigenvalue weighted by Gasteiger charge is -2.31. The van der Waals surface area contributed by atoms with E-state index in [1.807, 2.05) is 0 Å². The maximum absolute atomic E-state index is 14.7. The highest BCUT2D eigenvalue weighted by atomic mass is 19.4. The van der Waals surface area contributed by atoms with Crippen LogP contribution in [0.4, 0.5) is 17.6 Å². The van der Waals surface area contributed by atoms with Gasteiger partial charge in [0.15, 0.2) is 11.5 Å². The quantitative estimate of drug-likeness (QED) is 0.252. The van der Waals surface area contributed by atoms with Crippen LogP contribution in [-0.4, -0.2) is 55.5 Å². The predicted octanol–water partition coefficient (Wildman–Crippen LogP) is 4.37. The summed E-state index contributed by atoms with van der Waals surface area (Å²) in [6, 6.07) is 13.3. The number of rotatable bonds is 8. The summed E-state index contributed by atoms with van der Waals surface area (Å²) < 4.78 is 73.8. The Kier molecular flexibility index (Phi) is 7.62. The van der Waals surface area contributed by atoms with Crippen LogP contribution < -0.4 is 25.3 Å². The third-order valence-corrected chi connectivity index (χ3v) is 7.74. The Bertz CT molecular complexity index is 1780. The Morgan fingerprint density at radius 3 is 2.25 bits per heavy atom. The molecule has 0 spiro atoms. The average Bonchev–Trinajstić information content (AvgIpc) is 3.35. The van der Waals surface area contributed by atoms with Gasteiger partial charge in [0, 0.05) is 16.7 Å². The number of ether oxygens (including phenoxy) is 3. The Hall–Kier alpha value is -4.91. The van der Waals surface area contributed by atoms with Crippen molar-refractivity contribution in [3.63, 3.8) is 0 Å². The molecule has 2 atom stereocenters. The molecule has 0 bridgehead atoms. The zero-order chi connectivity index (χ0) is 32.0. The number of benzene rings is 3. The summed E-state index contributed by atoms with van der Waals surface area (Å²) in [6.07, 6.45) is -5.35. The van der Waals surface area contributed by atoms with Gasteiger partial charge in [-0.2, -0.15) is 13.2 Å². The summed E-state index contributed by atoms with van der Waals surface area (Å²) in [5.41, 5.74) is -0.649. The largest absolute Gasteiger partial charge is 0.493 e. The van der Waals surface area contributed by atoms with Crippen LogP contribution in [-0.2, 0) is 15.8 Å². The maximum atomic E-state index is 14.7. The highest BCUT2D eigenvalue weighted by Crippen LogP contribution is 2.47. The molecule has 4 N–H and O–H groups in total. The van der Waals surface area contributed by atoms with Crippen LogP contribution in [0.1, 0.15) is 28.5 Å². The van der Waals surface area contributed by atoms with Crippen molar-refractivity contribution in [3.8, 4) is 28.5 Å². The Labute approximate surface area is 248 Å². The fraction of sp³-hybridized carbons (Fsp3) is 0.258. The number of aliphatic hydroxyl groups is 1. The van der Waals surface area contributed by atoms with Gasteiger partial charge in [-0.3, -0.25) is 9.59 Å². The van der Waals surface area contributed by atoms with Gasteiger partial charge in [0.2, 0.25) is 11.5 Å². The van der Waals surface area contributed by atoms with Crippen molar-refractivity contribution in [2.24, 2.45) is 5.73 Å². The molecule has 5 rings (SSSR count). The summed E-state index contributed by atoms with van der Waals surface area (Å²) >= 11 is 0. The summed E-state index contributed by atoms with van der Waals surface area (Å²) in [5.74, 6) is -1.59. The van der Waals surface area contributed by atoms with Crippen molar-refractivity contribution in [2.75, 3.05) is 27.4 Å². The predicted molar refractivity (Wildman–Crippen MR) is 151 cm³/mol. The molecular formula is C31H27F4N3O6. The van der Waals surface area contributed by atoms with Gasteiger partial charge in [-0.15, -0.1) is 0 Å². The molecule has 1 aliphatic rings. The number of nitrogens with zero attached hydrogens (tertiary/aromatic N) is 1. The molecule has 230 valence electrons. The van der Waals surface area contributed by atoms with Crippen molar-refractivity contribution >= 4 is 22.6 Å². The molecule has 0 fully saturated rings. The van der Waals surface area contributed by atoms with Gasteiger partial charge in [-0.25, -0.2) is 9.37 Å². The molecule has 1 aromatic heterocycles. The number of aromatic nitrogens is 1. The molecule has 0 saturated carbocycles. The molecule has 0 saturated heterocycles. The van der Waals surface area contributed by atoms with Crippen molar-refractivity contribution in [3.05, 3.63) is 83.3 Å². The van der Waals surface area contributed by atoms with E-state index in [0.717, 1.165) is 18.2 Å². The minimum atomic E-state index is -5.35. The molecule has 0 aliphatic carbocycles. The monoisotopic (exact) mass is 613 g/mol. The lowest BCUT2D eigenvalue weighted by atomic mass is 9.81. The molecular weight excluding hydrogens is 586 g/mol. The van der Waals surface area contributed by atoms with Crippen molar-refractivity contribution in [1.82, 2.24) is 10.3 Å². The highest BCUT2D eigenvalue weighted by molar-refractivity contribution is 5.99. The molecule has 3 aromatic carbocycles. The number of hydrogen-bond acceptors (Lipinski definition) is 7. The molecule has 0 radical (unpaired) electrons. The van der Waals surface area contributed by atoms with E-state index in [9.17, 15) is 32.3 Å². The molecule has 0 unspecified atom stereocenters. The fourth-order valence-corrected chi connectivity index (χ4v) is 4.97. The van der Waals surface area contributed by atoms with Crippen LogP contribution in [0.3, 0.4) is 0 Å². The molecule has 2 amide bonds. The number of nitrogens with two attached hydrogens (primary N) is 1. The number of alkyl halides is 3. The molecule has 13 heteroatoms. The second-order valence-corrected chi connectivity index (χ2v) is 10.5.